The second kappa shape index (κ2) is 6.37. The number of hydrogen-bond acceptors (Lipinski definition) is 3. The molecule has 118 valence electrons. The van der Waals surface area contributed by atoms with Crippen molar-refractivity contribution in [3.8, 4) is 0 Å². The summed E-state index contributed by atoms with van der Waals surface area (Å²) in [5, 5.41) is 0. The molecule has 1 aromatic rings. The Kier molecular flexibility index (Phi) is 4.95. The first kappa shape index (κ1) is 16.3. The molecular weight excluding hydrogens is 258 g/mol. The van der Waals surface area contributed by atoms with E-state index in [-0.39, 0.29) is 5.41 Å². The molecule has 21 heavy (non-hydrogen) atoms. The predicted octanol–water partition coefficient (Wildman–Crippen LogP) is 3.05. The van der Waals surface area contributed by atoms with Crippen LogP contribution in [0.3, 0.4) is 0 Å². The van der Waals surface area contributed by atoms with E-state index in [0.717, 1.165) is 13.1 Å². The molecule has 3 nitrogen and oxygen atoms in total. The third kappa shape index (κ3) is 3.98. The van der Waals surface area contributed by atoms with Gasteiger partial charge in [0.2, 0.25) is 0 Å². The van der Waals surface area contributed by atoms with E-state index in [4.69, 9.17) is 5.73 Å². The van der Waals surface area contributed by atoms with Crippen LogP contribution in [0.1, 0.15) is 44.4 Å². The first-order chi connectivity index (χ1) is 9.81. The van der Waals surface area contributed by atoms with Gasteiger partial charge in [-0.1, -0.05) is 32.9 Å². The van der Waals surface area contributed by atoms with Crippen LogP contribution in [0.15, 0.2) is 18.2 Å². The van der Waals surface area contributed by atoms with Gasteiger partial charge in [-0.15, -0.1) is 0 Å². The van der Waals surface area contributed by atoms with Gasteiger partial charge in [0.1, 0.15) is 0 Å². The zero-order chi connectivity index (χ0) is 15.6. The molecule has 3 heteroatoms. The van der Waals surface area contributed by atoms with E-state index >= 15 is 0 Å². The van der Waals surface area contributed by atoms with Gasteiger partial charge in [0.15, 0.2) is 0 Å². The number of nitrogens with zero attached hydrogens (tertiary/aromatic N) is 2. The molecule has 1 aromatic carbocycles. The molecule has 1 heterocycles. The maximum Gasteiger partial charge on any atom is 0.0467 e. The summed E-state index contributed by atoms with van der Waals surface area (Å²) in [5.74, 6) is 0. The molecule has 0 amide bonds. The van der Waals surface area contributed by atoms with Gasteiger partial charge in [0.25, 0.3) is 0 Å². The van der Waals surface area contributed by atoms with Gasteiger partial charge in [0.05, 0.1) is 0 Å². The average molecular weight is 289 g/mol. The van der Waals surface area contributed by atoms with Crippen LogP contribution in [0, 0.1) is 5.41 Å². The molecule has 1 aliphatic rings. The fraction of sp³-hybridized carbons (Fsp3) is 0.667. The van der Waals surface area contributed by atoms with Crippen LogP contribution < -0.4 is 10.6 Å². The molecule has 0 spiro atoms. The zero-order valence-electron chi connectivity index (χ0n) is 14.3. The van der Waals surface area contributed by atoms with Crippen LogP contribution in [0.2, 0.25) is 0 Å². The van der Waals surface area contributed by atoms with E-state index in [9.17, 15) is 0 Å². The van der Waals surface area contributed by atoms with Gasteiger partial charge in [-0.2, -0.15) is 0 Å². The Hall–Kier alpha value is -1.06. The molecule has 0 aliphatic carbocycles. The normalized spacial score (nSPS) is 17.0. The van der Waals surface area contributed by atoms with Crippen LogP contribution in [0.5, 0.6) is 0 Å². The summed E-state index contributed by atoms with van der Waals surface area (Å²) in [4.78, 5) is 4.76. The number of hydrogen-bond donors (Lipinski definition) is 1. The summed E-state index contributed by atoms with van der Waals surface area (Å²) in [6.45, 7) is 9.71. The van der Waals surface area contributed by atoms with Gasteiger partial charge in [0, 0.05) is 38.4 Å². The van der Waals surface area contributed by atoms with Crippen molar-refractivity contribution < 1.29 is 0 Å². The molecule has 1 unspecified atom stereocenters. The lowest BCUT2D eigenvalue weighted by Gasteiger charge is -2.34. The Bertz CT molecular complexity index is 476. The number of fused-ring (bicyclic) bond motifs is 1. The quantitative estimate of drug-likeness (QED) is 0.924. The highest BCUT2D eigenvalue weighted by molar-refractivity contribution is 5.56. The Morgan fingerprint density at radius 1 is 1.33 bits per heavy atom. The van der Waals surface area contributed by atoms with E-state index in [1.807, 2.05) is 0 Å². The lowest BCUT2D eigenvalue weighted by Crippen LogP contribution is -2.36. The van der Waals surface area contributed by atoms with Gasteiger partial charge >= 0.3 is 0 Å². The maximum absolute atomic E-state index is 6.08. The lowest BCUT2D eigenvalue weighted by molar-refractivity contribution is 0.175. The summed E-state index contributed by atoms with van der Waals surface area (Å²) < 4.78 is 0. The highest BCUT2D eigenvalue weighted by Crippen LogP contribution is 2.31. The average Bonchev–Trinajstić information content (AvgIpc) is 2.37. The largest absolute Gasteiger partial charge is 0.374 e. The number of anilines is 1. The van der Waals surface area contributed by atoms with Crippen LogP contribution in [-0.4, -0.2) is 38.6 Å². The van der Waals surface area contributed by atoms with Gasteiger partial charge in [-0.25, -0.2) is 0 Å². The second-order valence-electron chi connectivity index (χ2n) is 7.64. The number of rotatable bonds is 4. The van der Waals surface area contributed by atoms with Gasteiger partial charge < -0.3 is 10.6 Å². The minimum Gasteiger partial charge on any atom is -0.374 e. The van der Waals surface area contributed by atoms with Crippen molar-refractivity contribution in [3.05, 3.63) is 29.3 Å². The SMILES string of the molecule is CN1CCCc2cc(C(CN)N(C)CC(C)(C)C)ccc21. The Morgan fingerprint density at radius 2 is 2.05 bits per heavy atom. The summed E-state index contributed by atoms with van der Waals surface area (Å²) in [5.41, 5.74) is 10.6. The van der Waals surface area contributed by atoms with Crippen molar-refractivity contribution in [1.82, 2.24) is 4.90 Å². The topological polar surface area (TPSA) is 32.5 Å². The Morgan fingerprint density at radius 3 is 2.67 bits per heavy atom. The van der Waals surface area contributed by atoms with Crippen molar-refractivity contribution in [2.24, 2.45) is 11.1 Å². The van der Waals surface area contributed by atoms with Crippen LogP contribution in [0.25, 0.3) is 0 Å². The molecule has 1 atom stereocenters. The number of likely N-dealkylation sites (N-methyl/N-ethyl adjacent to an activating group) is 1. The first-order valence-corrected chi connectivity index (χ1v) is 8.06. The van der Waals surface area contributed by atoms with E-state index in [1.165, 1.54) is 29.7 Å². The molecule has 0 radical (unpaired) electrons. The first-order valence-electron chi connectivity index (χ1n) is 8.06. The summed E-state index contributed by atoms with van der Waals surface area (Å²) in [6.07, 6.45) is 2.44. The van der Waals surface area contributed by atoms with Crippen LogP contribution >= 0.6 is 0 Å². The standard InChI is InChI=1S/C18H31N3/c1-18(2,3)13-21(5)17(12-19)15-8-9-16-14(11-15)7-6-10-20(16)4/h8-9,11,17H,6-7,10,12-13,19H2,1-5H3. The van der Waals surface area contributed by atoms with Gasteiger partial charge in [-0.05, 0) is 42.5 Å². The summed E-state index contributed by atoms with van der Waals surface area (Å²) in [7, 11) is 4.37. The van der Waals surface area contributed by atoms with Crippen LogP contribution in [0.4, 0.5) is 5.69 Å². The molecular formula is C18H31N3. The lowest BCUT2D eigenvalue weighted by atomic mass is 9.93. The molecule has 0 saturated heterocycles. The fourth-order valence-electron chi connectivity index (χ4n) is 3.44. The van der Waals surface area contributed by atoms with Crippen molar-refractivity contribution in [2.45, 2.75) is 39.7 Å². The molecule has 0 saturated carbocycles. The monoisotopic (exact) mass is 289 g/mol. The summed E-state index contributed by atoms with van der Waals surface area (Å²) in [6, 6.07) is 7.22. The van der Waals surface area contributed by atoms with E-state index in [1.54, 1.807) is 0 Å². The number of nitrogens with two attached hydrogens (primary N) is 1. The minimum absolute atomic E-state index is 0.288. The Balaban J connectivity index is 2.22. The molecule has 0 fully saturated rings. The summed E-state index contributed by atoms with van der Waals surface area (Å²) >= 11 is 0. The molecule has 2 rings (SSSR count). The molecule has 0 bridgehead atoms. The van der Waals surface area contributed by atoms with E-state index in [0.29, 0.717) is 12.6 Å². The smallest absolute Gasteiger partial charge is 0.0467 e. The highest BCUT2D eigenvalue weighted by atomic mass is 15.1. The third-order valence-corrected chi connectivity index (χ3v) is 4.32. The van der Waals surface area contributed by atoms with Crippen molar-refractivity contribution in [2.75, 3.05) is 38.6 Å². The van der Waals surface area contributed by atoms with Crippen LogP contribution in [-0.2, 0) is 6.42 Å². The predicted molar refractivity (Wildman–Crippen MR) is 91.9 cm³/mol. The fourth-order valence-corrected chi connectivity index (χ4v) is 3.44. The Labute approximate surface area is 130 Å². The minimum atomic E-state index is 0.288. The maximum atomic E-state index is 6.08. The molecule has 0 aromatic heterocycles. The van der Waals surface area contributed by atoms with E-state index < -0.39 is 0 Å². The van der Waals surface area contributed by atoms with Crippen molar-refractivity contribution in [1.29, 1.82) is 0 Å². The van der Waals surface area contributed by atoms with Crippen molar-refractivity contribution in [3.63, 3.8) is 0 Å². The molecule has 1 aliphatic heterocycles. The van der Waals surface area contributed by atoms with Crippen molar-refractivity contribution >= 4 is 5.69 Å². The molecule has 2 N–H and O–H groups in total. The number of aryl methyl sites for hydroxylation is 1. The third-order valence-electron chi connectivity index (χ3n) is 4.32. The van der Waals surface area contributed by atoms with E-state index in [2.05, 4.69) is 62.9 Å². The van der Waals surface area contributed by atoms with Gasteiger partial charge in [-0.3, -0.25) is 4.90 Å². The number of benzene rings is 1. The zero-order valence-corrected chi connectivity index (χ0v) is 14.3. The second-order valence-corrected chi connectivity index (χ2v) is 7.64. The highest BCUT2D eigenvalue weighted by Gasteiger charge is 2.22.